The predicted molar refractivity (Wildman–Crippen MR) is 84.6 cm³/mol. The average Bonchev–Trinajstić information content (AvgIpc) is 2.43. The maximum Gasteiger partial charge on any atom is 0.292 e. The molecule has 0 aliphatic rings. The summed E-state index contributed by atoms with van der Waals surface area (Å²) in [6.07, 6.45) is 2.25. The van der Waals surface area contributed by atoms with E-state index < -0.39 is 6.10 Å². The highest BCUT2D eigenvalue weighted by Gasteiger charge is 2.23. The van der Waals surface area contributed by atoms with Crippen molar-refractivity contribution in [2.45, 2.75) is 32.4 Å². The van der Waals surface area contributed by atoms with E-state index in [0.29, 0.717) is 11.3 Å². The monoisotopic (exact) mass is 298 g/mol. The van der Waals surface area contributed by atoms with Gasteiger partial charge < -0.3 is 10.0 Å². The second kappa shape index (κ2) is 7.50. The normalized spacial score (nSPS) is 13.8. The van der Waals surface area contributed by atoms with Gasteiger partial charge in [-0.1, -0.05) is 13.0 Å². The van der Waals surface area contributed by atoms with Gasteiger partial charge in [-0.25, -0.2) is 0 Å². The Morgan fingerprint density at radius 3 is 2.60 bits per heavy atom. The summed E-state index contributed by atoms with van der Waals surface area (Å²) < 4.78 is 0. The van der Waals surface area contributed by atoms with E-state index in [1.54, 1.807) is 30.8 Å². The van der Waals surface area contributed by atoms with Gasteiger partial charge in [0.1, 0.15) is 5.69 Å². The van der Waals surface area contributed by atoms with E-state index in [9.17, 15) is 15.2 Å². The summed E-state index contributed by atoms with van der Waals surface area (Å²) in [5.41, 5.74) is 1.21. The van der Waals surface area contributed by atoms with Crippen LogP contribution in [0.5, 0.6) is 0 Å². The Morgan fingerprint density at radius 1 is 1.50 bits per heavy atom. The summed E-state index contributed by atoms with van der Waals surface area (Å²) in [5, 5.41) is 20.8. The Kier molecular flexibility index (Phi) is 6.29. The minimum atomic E-state index is -0.707. The van der Waals surface area contributed by atoms with Gasteiger partial charge in [0.25, 0.3) is 5.69 Å². The highest BCUT2D eigenvalue weighted by molar-refractivity contribution is 7.98. The summed E-state index contributed by atoms with van der Waals surface area (Å²) in [4.78, 5) is 12.8. The van der Waals surface area contributed by atoms with Gasteiger partial charge in [0.2, 0.25) is 0 Å². The van der Waals surface area contributed by atoms with Crippen LogP contribution in [0.3, 0.4) is 0 Å². The van der Waals surface area contributed by atoms with Gasteiger partial charge in [0, 0.05) is 24.9 Å². The fourth-order valence-corrected chi connectivity index (χ4v) is 2.98. The molecule has 0 saturated heterocycles. The Bertz CT molecular complexity index is 466. The molecular weight excluding hydrogens is 276 g/mol. The minimum Gasteiger partial charge on any atom is -0.389 e. The number of hydrogen-bond acceptors (Lipinski definition) is 5. The molecule has 0 bridgehead atoms. The Hall–Kier alpha value is -1.27. The van der Waals surface area contributed by atoms with Crippen LogP contribution in [0.15, 0.2) is 18.2 Å². The second-order valence-corrected chi connectivity index (χ2v) is 5.72. The SMILES string of the molecule is CCC(CSC)N(C)c1ccc([C@@H](C)O)cc1[N+](=O)[O-]. The zero-order chi connectivity index (χ0) is 15.3. The fraction of sp³-hybridized carbons (Fsp3) is 0.571. The topological polar surface area (TPSA) is 66.6 Å². The first-order valence-electron chi connectivity index (χ1n) is 6.60. The van der Waals surface area contributed by atoms with E-state index in [2.05, 4.69) is 6.92 Å². The van der Waals surface area contributed by atoms with Crippen LogP contribution in [0, 0.1) is 10.1 Å². The first kappa shape index (κ1) is 16.8. The Morgan fingerprint density at radius 2 is 2.15 bits per heavy atom. The molecule has 0 aromatic heterocycles. The van der Waals surface area contributed by atoms with E-state index in [1.807, 2.05) is 18.2 Å². The van der Waals surface area contributed by atoms with Gasteiger partial charge in [-0.3, -0.25) is 10.1 Å². The van der Waals surface area contributed by atoms with Crippen LogP contribution in [0.25, 0.3) is 0 Å². The number of hydrogen-bond donors (Lipinski definition) is 1. The molecule has 0 spiro atoms. The van der Waals surface area contributed by atoms with Crippen molar-refractivity contribution in [3.05, 3.63) is 33.9 Å². The van der Waals surface area contributed by atoms with E-state index in [1.165, 1.54) is 6.07 Å². The number of thioether (sulfide) groups is 1. The molecule has 112 valence electrons. The van der Waals surface area contributed by atoms with Crippen LogP contribution in [0.1, 0.15) is 31.9 Å². The molecule has 1 rings (SSSR count). The third-order valence-electron chi connectivity index (χ3n) is 3.44. The highest BCUT2D eigenvalue weighted by Crippen LogP contribution is 2.32. The molecule has 1 aromatic rings. The van der Waals surface area contributed by atoms with Crippen molar-refractivity contribution in [3.8, 4) is 0 Å². The molecule has 5 nitrogen and oxygen atoms in total. The first-order chi connectivity index (χ1) is 9.42. The van der Waals surface area contributed by atoms with Gasteiger partial charge >= 0.3 is 0 Å². The molecule has 0 amide bonds. The maximum absolute atomic E-state index is 11.3. The summed E-state index contributed by atoms with van der Waals surface area (Å²) in [6, 6.07) is 5.18. The van der Waals surface area contributed by atoms with Crippen molar-refractivity contribution in [3.63, 3.8) is 0 Å². The summed E-state index contributed by atoms with van der Waals surface area (Å²) in [5.74, 6) is 0.919. The van der Waals surface area contributed by atoms with Gasteiger partial charge in [-0.2, -0.15) is 11.8 Å². The van der Waals surface area contributed by atoms with Crippen LogP contribution in [-0.2, 0) is 0 Å². The van der Waals surface area contributed by atoms with Crippen molar-refractivity contribution in [2.24, 2.45) is 0 Å². The lowest BCUT2D eigenvalue weighted by atomic mass is 10.1. The van der Waals surface area contributed by atoms with Crippen molar-refractivity contribution in [1.29, 1.82) is 0 Å². The summed E-state index contributed by atoms with van der Waals surface area (Å²) >= 11 is 1.73. The Balaban J connectivity index is 3.19. The van der Waals surface area contributed by atoms with E-state index >= 15 is 0 Å². The molecule has 1 unspecified atom stereocenters. The van der Waals surface area contributed by atoms with Crippen LogP contribution < -0.4 is 4.90 Å². The molecule has 20 heavy (non-hydrogen) atoms. The molecule has 0 radical (unpaired) electrons. The van der Waals surface area contributed by atoms with Gasteiger partial charge in [-0.05, 0) is 31.2 Å². The lowest BCUT2D eigenvalue weighted by Gasteiger charge is -2.28. The zero-order valence-electron chi connectivity index (χ0n) is 12.4. The van der Waals surface area contributed by atoms with E-state index in [0.717, 1.165) is 12.2 Å². The van der Waals surface area contributed by atoms with Gasteiger partial charge in [-0.15, -0.1) is 0 Å². The number of nitro groups is 1. The molecule has 2 atom stereocenters. The van der Waals surface area contributed by atoms with Gasteiger partial charge in [0.05, 0.1) is 11.0 Å². The lowest BCUT2D eigenvalue weighted by molar-refractivity contribution is -0.384. The molecule has 0 aliphatic carbocycles. The first-order valence-corrected chi connectivity index (χ1v) is 7.99. The highest BCUT2D eigenvalue weighted by atomic mass is 32.2. The number of nitrogens with zero attached hydrogens (tertiary/aromatic N) is 2. The minimum absolute atomic E-state index is 0.0467. The Labute approximate surface area is 124 Å². The van der Waals surface area contributed by atoms with E-state index in [4.69, 9.17) is 0 Å². The quantitative estimate of drug-likeness (QED) is 0.618. The molecule has 1 N–H and O–H groups in total. The van der Waals surface area contributed by atoms with Gasteiger partial charge in [0.15, 0.2) is 0 Å². The number of aliphatic hydroxyl groups excluding tert-OH is 1. The molecular formula is C14H22N2O3S. The maximum atomic E-state index is 11.3. The summed E-state index contributed by atoms with van der Waals surface area (Å²) in [6.45, 7) is 3.68. The predicted octanol–water partition coefficient (Wildman–Crippen LogP) is 3.23. The smallest absolute Gasteiger partial charge is 0.292 e. The molecule has 0 fully saturated rings. The molecule has 1 aromatic carbocycles. The number of anilines is 1. The van der Waals surface area contributed by atoms with Crippen LogP contribution in [-0.4, -0.2) is 35.1 Å². The van der Waals surface area contributed by atoms with Crippen molar-refractivity contribution in [1.82, 2.24) is 0 Å². The number of rotatable bonds is 7. The van der Waals surface area contributed by atoms with E-state index in [-0.39, 0.29) is 16.7 Å². The second-order valence-electron chi connectivity index (χ2n) is 4.81. The van der Waals surface area contributed by atoms with Crippen molar-refractivity contribution in [2.75, 3.05) is 24.0 Å². The third-order valence-corrected chi connectivity index (χ3v) is 4.15. The molecule has 0 saturated carbocycles. The van der Waals surface area contributed by atoms with Crippen LogP contribution >= 0.6 is 11.8 Å². The standard InChI is InChI=1S/C14H22N2O3S/c1-5-12(9-20-4)15(3)13-7-6-11(10(2)17)8-14(13)16(18)19/h6-8,10,12,17H,5,9H2,1-4H3/t10-,12?/m1/s1. The van der Waals surface area contributed by atoms with Crippen LogP contribution in [0.2, 0.25) is 0 Å². The number of nitro benzene ring substituents is 1. The molecule has 6 heteroatoms. The number of benzene rings is 1. The van der Waals surface area contributed by atoms with Crippen molar-refractivity contribution < 1.29 is 10.0 Å². The number of aliphatic hydroxyl groups is 1. The summed E-state index contributed by atoms with van der Waals surface area (Å²) in [7, 11) is 1.88. The van der Waals surface area contributed by atoms with Crippen LogP contribution in [0.4, 0.5) is 11.4 Å². The lowest BCUT2D eigenvalue weighted by Crippen LogP contribution is -2.33. The largest absolute Gasteiger partial charge is 0.389 e. The van der Waals surface area contributed by atoms with Crippen molar-refractivity contribution >= 4 is 23.1 Å². The zero-order valence-corrected chi connectivity index (χ0v) is 13.2. The fourth-order valence-electron chi connectivity index (χ4n) is 2.14. The molecule has 0 aliphatic heterocycles. The molecule has 0 heterocycles. The average molecular weight is 298 g/mol. The third kappa shape index (κ3) is 3.86.